The number of morpholine rings is 1. The van der Waals surface area contributed by atoms with Gasteiger partial charge >= 0.3 is 0 Å². The third-order valence-corrected chi connectivity index (χ3v) is 5.50. The van der Waals surface area contributed by atoms with E-state index in [2.05, 4.69) is 42.0 Å². The molecule has 158 valence electrons. The van der Waals surface area contributed by atoms with Crippen molar-refractivity contribution in [2.45, 2.75) is 13.0 Å². The summed E-state index contributed by atoms with van der Waals surface area (Å²) in [6.45, 7) is 5.19. The highest BCUT2D eigenvalue weighted by molar-refractivity contribution is 6.33. The Bertz CT molecular complexity index is 1180. The molecule has 4 heterocycles. The van der Waals surface area contributed by atoms with Gasteiger partial charge in [0, 0.05) is 36.7 Å². The highest BCUT2D eigenvalue weighted by Crippen LogP contribution is 2.31. The first-order valence-corrected chi connectivity index (χ1v) is 10.5. The van der Waals surface area contributed by atoms with Gasteiger partial charge in [-0.25, -0.2) is 4.98 Å². The van der Waals surface area contributed by atoms with E-state index in [4.69, 9.17) is 21.1 Å². The highest BCUT2D eigenvalue weighted by atomic mass is 35.5. The summed E-state index contributed by atoms with van der Waals surface area (Å²) in [5.41, 5.74) is 4.75. The minimum absolute atomic E-state index is 0.308. The first kappa shape index (κ1) is 19.7. The van der Waals surface area contributed by atoms with Gasteiger partial charge in [0.1, 0.15) is 6.10 Å². The Morgan fingerprint density at radius 1 is 1.13 bits per heavy atom. The predicted molar refractivity (Wildman–Crippen MR) is 118 cm³/mol. The van der Waals surface area contributed by atoms with Crippen LogP contribution in [0, 0.1) is 0 Å². The number of imidazole rings is 1. The standard InChI is InChI=1S/C22H21ClN6O2/c1-14(19-13-24-6-7-25-19)31-22-26-18-12-17(23)20(27-21(18)28-22)15-2-4-16(5-3-15)29-8-10-30-11-9-29/h2-7,12-14H,8-11H2,1H3,(H,26,27,28). The van der Waals surface area contributed by atoms with E-state index in [1.54, 1.807) is 18.6 Å². The lowest BCUT2D eigenvalue weighted by molar-refractivity contribution is 0.122. The summed E-state index contributed by atoms with van der Waals surface area (Å²) >= 11 is 6.54. The quantitative estimate of drug-likeness (QED) is 0.504. The van der Waals surface area contributed by atoms with Gasteiger partial charge in [0.2, 0.25) is 0 Å². The molecule has 1 aliphatic heterocycles. The van der Waals surface area contributed by atoms with Crippen LogP contribution in [0.25, 0.3) is 22.4 Å². The van der Waals surface area contributed by atoms with Crippen LogP contribution in [0.5, 0.6) is 6.01 Å². The summed E-state index contributed by atoms with van der Waals surface area (Å²) in [6.07, 6.45) is 4.61. The number of hydrogen-bond donors (Lipinski definition) is 1. The lowest BCUT2D eigenvalue weighted by Gasteiger charge is -2.28. The molecule has 3 aromatic heterocycles. The van der Waals surface area contributed by atoms with E-state index in [-0.39, 0.29) is 6.10 Å². The van der Waals surface area contributed by atoms with Gasteiger partial charge in [-0.3, -0.25) is 9.97 Å². The maximum atomic E-state index is 6.54. The van der Waals surface area contributed by atoms with E-state index >= 15 is 0 Å². The lowest BCUT2D eigenvalue weighted by atomic mass is 10.1. The van der Waals surface area contributed by atoms with Gasteiger partial charge in [0.15, 0.2) is 5.65 Å². The van der Waals surface area contributed by atoms with Gasteiger partial charge in [-0.2, -0.15) is 4.98 Å². The van der Waals surface area contributed by atoms with Crippen LogP contribution in [0.1, 0.15) is 18.7 Å². The van der Waals surface area contributed by atoms with Crippen LogP contribution >= 0.6 is 11.6 Å². The summed E-state index contributed by atoms with van der Waals surface area (Å²) < 4.78 is 11.3. The normalized spacial score (nSPS) is 15.2. The van der Waals surface area contributed by atoms with Crippen molar-refractivity contribution in [3.63, 3.8) is 0 Å². The second kappa shape index (κ2) is 8.49. The van der Waals surface area contributed by atoms with Crippen LogP contribution in [0.3, 0.4) is 0 Å². The third kappa shape index (κ3) is 4.17. The molecule has 1 N–H and O–H groups in total. The van der Waals surface area contributed by atoms with Crippen LogP contribution in [-0.4, -0.2) is 51.2 Å². The number of anilines is 1. The molecule has 1 aromatic carbocycles. The third-order valence-electron chi connectivity index (χ3n) is 5.21. The van der Waals surface area contributed by atoms with E-state index in [1.807, 2.05) is 25.1 Å². The van der Waals surface area contributed by atoms with Gasteiger partial charge in [0.25, 0.3) is 6.01 Å². The molecular weight excluding hydrogens is 416 g/mol. The fourth-order valence-corrected chi connectivity index (χ4v) is 3.81. The first-order chi connectivity index (χ1) is 15.2. The molecule has 4 aromatic rings. The summed E-state index contributed by atoms with van der Waals surface area (Å²) in [4.78, 5) is 22.9. The molecular formula is C22H21ClN6O2. The molecule has 0 radical (unpaired) electrons. The minimum Gasteiger partial charge on any atom is -0.455 e. The van der Waals surface area contributed by atoms with Crippen molar-refractivity contribution in [2.24, 2.45) is 0 Å². The zero-order chi connectivity index (χ0) is 21.2. The second-order valence-electron chi connectivity index (χ2n) is 7.27. The number of pyridine rings is 1. The topological polar surface area (TPSA) is 89.0 Å². The number of H-pyrrole nitrogens is 1. The van der Waals surface area contributed by atoms with Crippen molar-refractivity contribution >= 4 is 28.5 Å². The van der Waals surface area contributed by atoms with Crippen molar-refractivity contribution in [3.05, 3.63) is 59.6 Å². The fourth-order valence-electron chi connectivity index (χ4n) is 3.55. The molecule has 0 saturated carbocycles. The van der Waals surface area contributed by atoms with Gasteiger partial charge < -0.3 is 19.4 Å². The fraction of sp³-hybridized carbons (Fsp3) is 0.273. The van der Waals surface area contributed by atoms with Crippen molar-refractivity contribution in [3.8, 4) is 17.3 Å². The summed E-state index contributed by atoms with van der Waals surface area (Å²) in [6, 6.07) is 10.4. The number of rotatable bonds is 5. The zero-order valence-corrected chi connectivity index (χ0v) is 17.7. The molecule has 1 saturated heterocycles. The second-order valence-corrected chi connectivity index (χ2v) is 7.68. The number of ether oxygens (including phenoxy) is 2. The zero-order valence-electron chi connectivity index (χ0n) is 17.0. The largest absolute Gasteiger partial charge is 0.455 e. The van der Waals surface area contributed by atoms with Crippen LogP contribution in [0.15, 0.2) is 48.9 Å². The highest BCUT2D eigenvalue weighted by Gasteiger charge is 2.16. The number of hydrogen-bond acceptors (Lipinski definition) is 7. The van der Waals surface area contributed by atoms with E-state index in [9.17, 15) is 0 Å². The Balaban J connectivity index is 1.39. The number of fused-ring (bicyclic) bond motifs is 1. The van der Waals surface area contributed by atoms with Crippen molar-refractivity contribution < 1.29 is 9.47 Å². The maximum absolute atomic E-state index is 6.54. The SMILES string of the molecule is CC(Oc1nc2nc(-c3ccc(N4CCOCC4)cc3)c(Cl)cc2[nH]1)c1cnccn1. The van der Waals surface area contributed by atoms with Crippen LogP contribution in [-0.2, 0) is 4.74 Å². The van der Waals surface area contributed by atoms with Crippen LogP contribution in [0.4, 0.5) is 5.69 Å². The summed E-state index contributed by atoms with van der Waals surface area (Å²) in [7, 11) is 0. The van der Waals surface area contributed by atoms with Crippen molar-refractivity contribution in [1.29, 1.82) is 0 Å². The molecule has 31 heavy (non-hydrogen) atoms. The monoisotopic (exact) mass is 436 g/mol. The van der Waals surface area contributed by atoms with Gasteiger partial charge in [-0.15, -0.1) is 0 Å². The van der Waals surface area contributed by atoms with E-state index < -0.39 is 0 Å². The van der Waals surface area contributed by atoms with Gasteiger partial charge in [-0.1, -0.05) is 23.7 Å². The molecule has 0 bridgehead atoms. The minimum atomic E-state index is -0.308. The molecule has 9 heteroatoms. The Labute approximate surface area is 184 Å². The molecule has 0 aliphatic carbocycles. The molecule has 1 fully saturated rings. The molecule has 5 rings (SSSR count). The van der Waals surface area contributed by atoms with Gasteiger partial charge in [0.05, 0.1) is 41.3 Å². The number of halogens is 1. The molecule has 1 unspecified atom stereocenters. The van der Waals surface area contributed by atoms with E-state index in [0.29, 0.717) is 27.9 Å². The maximum Gasteiger partial charge on any atom is 0.296 e. The molecule has 1 atom stereocenters. The Hall–Kier alpha value is -3.23. The van der Waals surface area contributed by atoms with Crippen LogP contribution < -0.4 is 9.64 Å². The Morgan fingerprint density at radius 2 is 1.94 bits per heavy atom. The number of aromatic nitrogens is 5. The van der Waals surface area contributed by atoms with Crippen LogP contribution in [0.2, 0.25) is 5.02 Å². The number of aromatic amines is 1. The Morgan fingerprint density at radius 3 is 2.68 bits per heavy atom. The average molecular weight is 437 g/mol. The summed E-state index contributed by atoms with van der Waals surface area (Å²) in [5, 5.41) is 0.545. The molecule has 1 aliphatic rings. The lowest BCUT2D eigenvalue weighted by Crippen LogP contribution is -2.36. The molecule has 0 spiro atoms. The molecule has 0 amide bonds. The number of nitrogens with one attached hydrogen (secondary N) is 1. The smallest absolute Gasteiger partial charge is 0.296 e. The summed E-state index contributed by atoms with van der Waals surface area (Å²) in [5.74, 6) is 0. The Kier molecular flexibility index (Phi) is 5.40. The first-order valence-electron chi connectivity index (χ1n) is 10.1. The van der Waals surface area contributed by atoms with E-state index in [1.165, 1.54) is 0 Å². The number of nitrogens with zero attached hydrogens (tertiary/aromatic N) is 5. The van der Waals surface area contributed by atoms with Crippen molar-refractivity contribution in [2.75, 3.05) is 31.2 Å². The van der Waals surface area contributed by atoms with E-state index in [0.717, 1.165) is 43.2 Å². The number of benzene rings is 1. The van der Waals surface area contributed by atoms with Gasteiger partial charge in [-0.05, 0) is 25.1 Å². The predicted octanol–water partition coefficient (Wildman–Crippen LogP) is 4.04. The van der Waals surface area contributed by atoms with Crippen molar-refractivity contribution in [1.82, 2.24) is 24.9 Å². The average Bonchev–Trinajstić information content (AvgIpc) is 3.20. The molecule has 8 nitrogen and oxygen atoms in total.